The van der Waals surface area contributed by atoms with Gasteiger partial charge in [-0.05, 0) is 0 Å². The topological polar surface area (TPSA) is 115 Å². The molecule has 10 heavy (non-hydrogen) atoms. The van der Waals surface area contributed by atoms with Crippen LogP contribution in [-0.2, 0) is 19.3 Å². The number of hydrogen-bond donors (Lipinski definition) is 0. The first-order valence-corrected chi connectivity index (χ1v) is 1.05. The van der Waals surface area contributed by atoms with Gasteiger partial charge in [0.1, 0.15) is 0 Å². The van der Waals surface area contributed by atoms with Crippen LogP contribution >= 0.6 is 0 Å². The zero-order chi connectivity index (χ0) is 6.12. The first-order chi connectivity index (χ1) is 3.33. The van der Waals surface area contributed by atoms with Gasteiger partial charge in [-0.1, -0.05) is 0 Å². The summed E-state index contributed by atoms with van der Waals surface area (Å²) < 4.78 is 0. The van der Waals surface area contributed by atoms with E-state index in [4.69, 9.17) is 19.6 Å². The summed E-state index contributed by atoms with van der Waals surface area (Å²) in [7, 11) is 0. The van der Waals surface area contributed by atoms with Gasteiger partial charge in [0, 0.05) is 0 Å². The smallest absolute Gasteiger partial charge is 1.00 e. The van der Waals surface area contributed by atoms with Gasteiger partial charge in [0.2, 0.25) is 0 Å². The first-order valence-electron chi connectivity index (χ1n) is 1.05. The number of rotatable bonds is 1. The van der Waals surface area contributed by atoms with Crippen molar-refractivity contribution in [1.29, 1.82) is 0 Å². The number of carbonyl (C=O) groups excluding carboxylic acids is 3. The quantitative estimate of drug-likeness (QED) is 0.181. The van der Waals surface area contributed by atoms with Crippen LogP contribution in [0.3, 0.4) is 0 Å². The van der Waals surface area contributed by atoms with Crippen LogP contribution < -0.4 is 108 Å². The molecule has 0 amide bonds. The second-order valence-electron chi connectivity index (χ2n) is 0.276. The van der Waals surface area contributed by atoms with Crippen molar-refractivity contribution in [3.8, 4) is 0 Å². The summed E-state index contributed by atoms with van der Waals surface area (Å²) in [5.41, 5.74) is 0. The second-order valence-corrected chi connectivity index (χ2v) is 0.276. The van der Waals surface area contributed by atoms with Crippen molar-refractivity contribution in [2.45, 2.75) is 0 Å². The van der Waals surface area contributed by atoms with Gasteiger partial charge in [0.05, 0.1) is 0 Å². The molecule has 0 atom stereocenters. The summed E-state index contributed by atoms with van der Waals surface area (Å²) in [5, 5.41) is 8.43. The molecule has 50 valence electrons. The molecule has 0 fully saturated rings. The van der Waals surface area contributed by atoms with E-state index in [1.165, 1.54) is 0 Å². The first kappa shape index (κ1) is 29.6. The van der Waals surface area contributed by atoms with Crippen molar-refractivity contribution >= 4 is 12.6 Å². The molecule has 0 aliphatic carbocycles. The van der Waals surface area contributed by atoms with Crippen molar-refractivity contribution in [3.63, 3.8) is 0 Å². The monoisotopic (exact) mass is 202 g/mol. The molecule has 0 aromatic carbocycles. The molecule has 0 aromatic heterocycles. The molecule has 2 N–H and O–H groups in total. The van der Waals surface area contributed by atoms with Gasteiger partial charge in [-0.15, -0.1) is 0 Å². The molecule has 0 aromatic rings. The van der Waals surface area contributed by atoms with Gasteiger partial charge in [-0.3, -0.25) is 4.79 Å². The van der Waals surface area contributed by atoms with E-state index in [1.807, 2.05) is 0 Å². The fourth-order valence-corrected chi connectivity index (χ4v) is 0. The van der Waals surface area contributed by atoms with Gasteiger partial charge in [-0.25, -0.2) is 0 Å². The van der Waals surface area contributed by atoms with Crippen LogP contribution in [0.2, 0.25) is 0 Å². The molecule has 0 bridgehead atoms. The van der Waals surface area contributed by atoms with E-state index in [0.29, 0.717) is 0 Å². The van der Waals surface area contributed by atoms with Crippen LogP contribution in [0, 0.1) is 0 Å². The molecule has 6 nitrogen and oxygen atoms in total. The average Bonchev–Trinajstić information content (AvgIpc) is 1.69. The van der Waals surface area contributed by atoms with E-state index in [0.717, 1.165) is 0 Å². The fraction of sp³-hybridized carbons (Fsp3) is 0. The molecule has 0 rings (SSSR count). The maximum atomic E-state index is 8.64. The Hall–Kier alpha value is 2.04. The van der Waals surface area contributed by atoms with Gasteiger partial charge >= 0.3 is 109 Å². The SMILES string of the molecule is O.O=C=O.O=CO[O-].[H-].[K+].[K+]. The fourth-order valence-electron chi connectivity index (χ4n) is 0. The normalized spacial score (nSPS) is 2.90. The van der Waals surface area contributed by atoms with E-state index in [1.54, 1.807) is 0 Å². The minimum absolute atomic E-state index is 0. The molecule has 0 radical (unpaired) electrons. The van der Waals surface area contributed by atoms with Gasteiger partial charge in [0.15, 0.2) is 0 Å². The van der Waals surface area contributed by atoms with Crippen LogP contribution in [0.1, 0.15) is 1.43 Å². The van der Waals surface area contributed by atoms with Crippen LogP contribution in [0.4, 0.5) is 0 Å². The molecular weight excluding hydrogens is 198 g/mol. The molecule has 0 saturated carbocycles. The predicted molar refractivity (Wildman–Crippen MR) is 16.9 cm³/mol. The third-order valence-electron chi connectivity index (χ3n) is 0.0393. The molecule has 0 unspecified atom stereocenters. The third-order valence-corrected chi connectivity index (χ3v) is 0.0393. The summed E-state index contributed by atoms with van der Waals surface area (Å²) in [6, 6.07) is 0. The number of hydrogen-bond acceptors (Lipinski definition) is 5. The Morgan fingerprint density at radius 2 is 1.50 bits per heavy atom. The Morgan fingerprint density at radius 1 is 1.40 bits per heavy atom. The van der Waals surface area contributed by atoms with Gasteiger partial charge < -0.3 is 17.0 Å². The summed E-state index contributed by atoms with van der Waals surface area (Å²) in [6.45, 7) is -0.181. The average molecular weight is 202 g/mol. The van der Waals surface area contributed by atoms with Gasteiger partial charge in [0.25, 0.3) is 6.47 Å². The standard InChI is InChI=1S/CH2O3.CO2.2K.H2O.H/c2-1-4-3;2-1-3;;;;/h1,3H;;;;1H2;/q;;2*+1;;-1/p-1. The molecular formula is C2H4K2O6. The largest absolute Gasteiger partial charge is 1.00 e. The minimum Gasteiger partial charge on any atom is -1.00 e. The summed E-state index contributed by atoms with van der Waals surface area (Å²) >= 11 is 0. The molecule has 0 heterocycles. The molecule has 8 heteroatoms. The third kappa shape index (κ3) is 88.7. The molecule has 0 spiro atoms. The maximum Gasteiger partial charge on any atom is 1.00 e. The van der Waals surface area contributed by atoms with Gasteiger partial charge in [-0.2, -0.15) is 9.59 Å². The van der Waals surface area contributed by atoms with E-state index in [2.05, 4.69) is 4.89 Å². The Kier molecular flexibility index (Phi) is 130. The van der Waals surface area contributed by atoms with Crippen LogP contribution in [0.25, 0.3) is 0 Å². The van der Waals surface area contributed by atoms with Crippen molar-refractivity contribution in [1.82, 2.24) is 0 Å². The predicted octanol–water partition coefficient (Wildman–Crippen LogP) is -8.85. The Bertz CT molecular complexity index is 73.0. The molecule has 0 aliphatic heterocycles. The zero-order valence-electron chi connectivity index (χ0n) is 6.62. The summed E-state index contributed by atoms with van der Waals surface area (Å²) in [6.07, 6.45) is 0.250. The van der Waals surface area contributed by atoms with E-state index in [-0.39, 0.29) is 122 Å². The summed E-state index contributed by atoms with van der Waals surface area (Å²) in [4.78, 5) is 27.5. The second kappa shape index (κ2) is 43.8. The molecule has 0 aliphatic rings. The van der Waals surface area contributed by atoms with Crippen molar-refractivity contribution < 1.29 is 134 Å². The van der Waals surface area contributed by atoms with Crippen molar-refractivity contribution in [2.24, 2.45) is 0 Å². The maximum absolute atomic E-state index is 8.64. The van der Waals surface area contributed by atoms with E-state index >= 15 is 0 Å². The van der Waals surface area contributed by atoms with E-state index in [9.17, 15) is 0 Å². The molecule has 0 saturated heterocycles. The van der Waals surface area contributed by atoms with E-state index < -0.39 is 0 Å². The van der Waals surface area contributed by atoms with Crippen LogP contribution in [0.15, 0.2) is 0 Å². The number of carbonyl (C=O) groups is 1. The zero-order valence-corrected chi connectivity index (χ0v) is 11.9. The van der Waals surface area contributed by atoms with Crippen molar-refractivity contribution in [3.05, 3.63) is 0 Å². The van der Waals surface area contributed by atoms with Crippen molar-refractivity contribution in [2.75, 3.05) is 0 Å². The Labute approximate surface area is 143 Å². The summed E-state index contributed by atoms with van der Waals surface area (Å²) in [5.74, 6) is 0. The Morgan fingerprint density at radius 3 is 1.50 bits per heavy atom. The van der Waals surface area contributed by atoms with Crippen LogP contribution in [-0.4, -0.2) is 18.1 Å². The minimum atomic E-state index is -0.181. The van der Waals surface area contributed by atoms with Crippen LogP contribution in [0.5, 0.6) is 0 Å². The Balaban J connectivity index is -0.00000000848.